The maximum atomic E-state index is 9.16. The van der Waals surface area contributed by atoms with Crippen LogP contribution in [0.15, 0.2) is 30.5 Å². The van der Waals surface area contributed by atoms with Crippen molar-refractivity contribution in [3.63, 3.8) is 0 Å². The van der Waals surface area contributed by atoms with Gasteiger partial charge in [0.25, 0.3) is 0 Å². The Hall–Kier alpha value is -1.28. The molecule has 12 heavy (non-hydrogen) atoms. The molecule has 0 saturated heterocycles. The summed E-state index contributed by atoms with van der Waals surface area (Å²) in [6, 6.07) is 7.18. The summed E-state index contributed by atoms with van der Waals surface area (Å²) < 4.78 is 0. The minimum atomic E-state index is 0.190. The van der Waals surface area contributed by atoms with E-state index in [4.69, 9.17) is 16.7 Å². The number of hydrogen-bond acceptors (Lipinski definition) is 1. The molecule has 0 bridgehead atoms. The number of H-pyrrole nitrogens is 1. The van der Waals surface area contributed by atoms with E-state index < -0.39 is 0 Å². The molecule has 0 spiro atoms. The van der Waals surface area contributed by atoms with E-state index >= 15 is 0 Å². The second-order valence-electron chi connectivity index (χ2n) is 2.56. The SMILES string of the molecule is Oc1c[nH+]c2cccc(Cl)c2c1. The van der Waals surface area contributed by atoms with Crippen LogP contribution in [0.2, 0.25) is 5.02 Å². The minimum absolute atomic E-state index is 0.190. The highest BCUT2D eigenvalue weighted by Crippen LogP contribution is 2.22. The molecule has 0 amide bonds. The molecule has 2 aromatic rings. The van der Waals surface area contributed by atoms with Gasteiger partial charge in [-0.15, -0.1) is 0 Å². The van der Waals surface area contributed by atoms with Crippen molar-refractivity contribution in [3.05, 3.63) is 35.5 Å². The Balaban J connectivity index is 2.88. The summed E-state index contributed by atoms with van der Waals surface area (Å²) in [5, 5.41) is 10.6. The van der Waals surface area contributed by atoms with Crippen LogP contribution in [0, 0.1) is 0 Å². The highest BCUT2D eigenvalue weighted by Gasteiger charge is 2.04. The first-order chi connectivity index (χ1) is 5.77. The van der Waals surface area contributed by atoms with Crippen LogP contribution in [0.3, 0.4) is 0 Å². The van der Waals surface area contributed by atoms with Gasteiger partial charge in [-0.25, -0.2) is 4.98 Å². The lowest BCUT2D eigenvalue weighted by molar-refractivity contribution is -0.345. The number of aromatic nitrogens is 1. The second-order valence-corrected chi connectivity index (χ2v) is 2.97. The van der Waals surface area contributed by atoms with Crippen molar-refractivity contribution in [2.24, 2.45) is 0 Å². The van der Waals surface area contributed by atoms with Gasteiger partial charge in [-0.05, 0) is 6.07 Å². The number of hydrogen-bond donors (Lipinski definition) is 1. The number of halogens is 1. The van der Waals surface area contributed by atoms with E-state index in [9.17, 15) is 0 Å². The lowest BCUT2D eigenvalue weighted by Gasteiger charge is -1.94. The van der Waals surface area contributed by atoms with Crippen molar-refractivity contribution in [1.29, 1.82) is 0 Å². The van der Waals surface area contributed by atoms with E-state index in [2.05, 4.69) is 4.98 Å². The van der Waals surface area contributed by atoms with Crippen LogP contribution in [0.1, 0.15) is 0 Å². The molecule has 0 saturated carbocycles. The number of rotatable bonds is 0. The maximum Gasteiger partial charge on any atom is 0.212 e. The molecule has 1 heterocycles. The van der Waals surface area contributed by atoms with Gasteiger partial charge in [-0.2, -0.15) is 0 Å². The highest BCUT2D eigenvalue weighted by molar-refractivity contribution is 6.35. The number of pyridine rings is 1. The Morgan fingerprint density at radius 3 is 3.00 bits per heavy atom. The molecule has 2 rings (SSSR count). The molecule has 2 nitrogen and oxygen atoms in total. The number of benzene rings is 1. The van der Waals surface area contributed by atoms with E-state index in [-0.39, 0.29) is 5.75 Å². The Labute approximate surface area is 74.4 Å². The Bertz CT molecular complexity index is 428. The van der Waals surface area contributed by atoms with E-state index in [1.807, 2.05) is 12.1 Å². The van der Waals surface area contributed by atoms with Gasteiger partial charge < -0.3 is 5.11 Å². The van der Waals surface area contributed by atoms with E-state index in [1.165, 1.54) is 6.20 Å². The Morgan fingerprint density at radius 1 is 1.33 bits per heavy atom. The molecular formula is C9H7ClNO+. The Morgan fingerprint density at radius 2 is 2.17 bits per heavy atom. The van der Waals surface area contributed by atoms with Gasteiger partial charge in [-0.1, -0.05) is 17.7 Å². The summed E-state index contributed by atoms with van der Waals surface area (Å²) in [6.07, 6.45) is 1.53. The van der Waals surface area contributed by atoms with Gasteiger partial charge in [0.15, 0.2) is 5.75 Å². The monoisotopic (exact) mass is 180 g/mol. The number of nitrogens with one attached hydrogen (secondary N) is 1. The average molecular weight is 181 g/mol. The normalized spacial score (nSPS) is 10.4. The predicted octanol–water partition coefficient (Wildman–Crippen LogP) is 2.01. The zero-order valence-electron chi connectivity index (χ0n) is 6.21. The van der Waals surface area contributed by atoms with Crippen molar-refractivity contribution < 1.29 is 10.1 Å². The molecule has 0 atom stereocenters. The minimum Gasteiger partial charge on any atom is -0.503 e. The number of aromatic hydroxyl groups is 1. The predicted molar refractivity (Wildman–Crippen MR) is 47.2 cm³/mol. The smallest absolute Gasteiger partial charge is 0.212 e. The molecule has 0 aliphatic rings. The topological polar surface area (TPSA) is 34.4 Å². The standard InChI is InChI=1S/C9H6ClNO/c10-8-2-1-3-9-7(8)4-6(12)5-11-9/h1-5,12H/p+1. The second kappa shape index (κ2) is 2.64. The number of fused-ring (bicyclic) bond motifs is 1. The summed E-state index contributed by atoms with van der Waals surface area (Å²) in [5.74, 6) is 0.190. The molecule has 2 N–H and O–H groups in total. The van der Waals surface area contributed by atoms with Crippen LogP contribution in [0.5, 0.6) is 5.75 Å². The quantitative estimate of drug-likeness (QED) is 0.661. The van der Waals surface area contributed by atoms with Crippen LogP contribution in [-0.4, -0.2) is 5.11 Å². The summed E-state index contributed by atoms with van der Waals surface area (Å²) in [6.45, 7) is 0. The maximum absolute atomic E-state index is 9.16. The van der Waals surface area contributed by atoms with Crippen LogP contribution in [0.25, 0.3) is 10.9 Å². The molecule has 0 aliphatic carbocycles. The molecule has 0 fully saturated rings. The average Bonchev–Trinajstić information content (AvgIpc) is 2.07. The van der Waals surface area contributed by atoms with Crippen molar-refractivity contribution >= 4 is 22.5 Å². The van der Waals surface area contributed by atoms with Crippen LogP contribution in [0.4, 0.5) is 0 Å². The van der Waals surface area contributed by atoms with Crippen molar-refractivity contribution in [2.75, 3.05) is 0 Å². The third-order valence-electron chi connectivity index (χ3n) is 1.72. The van der Waals surface area contributed by atoms with Gasteiger partial charge in [0.1, 0.15) is 0 Å². The molecule has 0 aliphatic heterocycles. The third kappa shape index (κ3) is 1.10. The molecule has 3 heteroatoms. The van der Waals surface area contributed by atoms with Gasteiger partial charge in [0, 0.05) is 12.1 Å². The first kappa shape index (κ1) is 7.37. The molecule has 60 valence electrons. The lowest BCUT2D eigenvalue weighted by atomic mass is 10.2. The fourth-order valence-corrected chi connectivity index (χ4v) is 1.38. The zero-order valence-corrected chi connectivity index (χ0v) is 6.97. The van der Waals surface area contributed by atoms with Gasteiger partial charge in [-0.3, -0.25) is 0 Å². The lowest BCUT2D eigenvalue weighted by Crippen LogP contribution is -2.01. The first-order valence-corrected chi connectivity index (χ1v) is 3.94. The van der Waals surface area contributed by atoms with E-state index in [1.54, 1.807) is 12.1 Å². The van der Waals surface area contributed by atoms with Crippen molar-refractivity contribution in [2.45, 2.75) is 0 Å². The summed E-state index contributed by atoms with van der Waals surface area (Å²) in [7, 11) is 0. The fraction of sp³-hybridized carbons (Fsp3) is 0. The summed E-state index contributed by atoms with van der Waals surface area (Å²) >= 11 is 5.90. The first-order valence-electron chi connectivity index (χ1n) is 3.56. The largest absolute Gasteiger partial charge is 0.503 e. The van der Waals surface area contributed by atoms with E-state index in [0.717, 1.165) is 10.9 Å². The van der Waals surface area contributed by atoms with Crippen molar-refractivity contribution in [1.82, 2.24) is 0 Å². The molecule has 0 unspecified atom stereocenters. The van der Waals surface area contributed by atoms with Gasteiger partial charge >= 0.3 is 0 Å². The molecular weight excluding hydrogens is 174 g/mol. The zero-order chi connectivity index (χ0) is 8.55. The molecule has 1 aromatic carbocycles. The highest BCUT2D eigenvalue weighted by atomic mass is 35.5. The molecule has 1 aromatic heterocycles. The van der Waals surface area contributed by atoms with Gasteiger partial charge in [0.2, 0.25) is 11.7 Å². The van der Waals surface area contributed by atoms with E-state index in [0.29, 0.717) is 5.02 Å². The van der Waals surface area contributed by atoms with Crippen LogP contribution < -0.4 is 4.98 Å². The summed E-state index contributed by atoms with van der Waals surface area (Å²) in [5.41, 5.74) is 0.917. The summed E-state index contributed by atoms with van der Waals surface area (Å²) in [4.78, 5) is 2.93. The fourth-order valence-electron chi connectivity index (χ4n) is 1.15. The Kier molecular flexibility index (Phi) is 1.62. The van der Waals surface area contributed by atoms with Crippen molar-refractivity contribution in [3.8, 4) is 5.75 Å². The third-order valence-corrected chi connectivity index (χ3v) is 2.05. The number of aromatic amines is 1. The molecule has 0 radical (unpaired) electrons. The van der Waals surface area contributed by atoms with Crippen LogP contribution >= 0.6 is 11.6 Å². The van der Waals surface area contributed by atoms with Crippen LogP contribution in [-0.2, 0) is 0 Å². The van der Waals surface area contributed by atoms with Gasteiger partial charge in [0.05, 0.1) is 10.4 Å².